The van der Waals surface area contributed by atoms with E-state index < -0.39 is 0 Å². The van der Waals surface area contributed by atoms with E-state index in [0.29, 0.717) is 11.0 Å². The van der Waals surface area contributed by atoms with Crippen LogP contribution in [-0.2, 0) is 0 Å². The molecule has 1 rings (SSSR count). The molecule has 0 aliphatic carbocycles. The van der Waals surface area contributed by atoms with E-state index in [2.05, 4.69) is 47.7 Å². The molecule has 1 aromatic rings. The second-order valence-electron chi connectivity index (χ2n) is 4.32. The molecule has 0 unspecified atom stereocenters. The summed E-state index contributed by atoms with van der Waals surface area (Å²) in [7, 11) is 0. The lowest BCUT2D eigenvalue weighted by atomic mass is 10.1. The molecule has 0 saturated carbocycles. The van der Waals surface area contributed by atoms with E-state index in [0.717, 1.165) is 23.0 Å². The molecule has 0 heterocycles. The Morgan fingerprint density at radius 1 is 1.47 bits per heavy atom. The fourth-order valence-electron chi connectivity index (χ4n) is 1.79. The molecule has 2 N–H and O–H groups in total. The van der Waals surface area contributed by atoms with Crippen molar-refractivity contribution >= 4 is 38.8 Å². The van der Waals surface area contributed by atoms with E-state index in [1.54, 1.807) is 0 Å². The van der Waals surface area contributed by atoms with Gasteiger partial charge in [-0.25, -0.2) is 0 Å². The van der Waals surface area contributed by atoms with Crippen molar-refractivity contribution < 1.29 is 0 Å². The highest BCUT2D eigenvalue weighted by Gasteiger charge is 2.13. The lowest BCUT2D eigenvalue weighted by Gasteiger charge is -2.29. The number of halogens is 1. The molecule has 1 aromatic carbocycles. The van der Waals surface area contributed by atoms with Crippen molar-refractivity contribution in [1.29, 1.82) is 0 Å². The number of nitrogens with zero attached hydrogens (tertiary/aromatic N) is 1. The fourth-order valence-corrected chi connectivity index (χ4v) is 2.52. The normalized spacial score (nSPS) is 10.6. The second kappa shape index (κ2) is 6.36. The van der Waals surface area contributed by atoms with Gasteiger partial charge >= 0.3 is 0 Å². The largest absolute Gasteiger partial charge is 0.389 e. The van der Waals surface area contributed by atoms with Gasteiger partial charge in [0, 0.05) is 22.6 Å². The van der Waals surface area contributed by atoms with Gasteiger partial charge < -0.3 is 10.6 Å². The van der Waals surface area contributed by atoms with Gasteiger partial charge in [-0.15, -0.1) is 0 Å². The maximum atomic E-state index is 5.62. The summed E-state index contributed by atoms with van der Waals surface area (Å²) in [5.74, 6) is 0. The van der Waals surface area contributed by atoms with Crippen molar-refractivity contribution in [3.05, 3.63) is 28.2 Å². The molecule has 0 fully saturated rings. The summed E-state index contributed by atoms with van der Waals surface area (Å²) < 4.78 is 1.05. The Bertz CT molecular complexity index is 404. The first-order valence-electron chi connectivity index (χ1n) is 5.83. The van der Waals surface area contributed by atoms with Gasteiger partial charge in [0.1, 0.15) is 4.99 Å². The van der Waals surface area contributed by atoms with Gasteiger partial charge in [0.25, 0.3) is 0 Å². The predicted octanol–water partition coefficient (Wildman–Crippen LogP) is 3.71. The number of hydrogen-bond acceptors (Lipinski definition) is 2. The third-order valence-corrected chi connectivity index (χ3v) is 3.50. The second-order valence-corrected chi connectivity index (χ2v) is 5.61. The number of rotatable bonds is 5. The maximum absolute atomic E-state index is 5.62. The van der Waals surface area contributed by atoms with Crippen LogP contribution in [0.5, 0.6) is 0 Å². The van der Waals surface area contributed by atoms with Gasteiger partial charge in [-0.3, -0.25) is 0 Å². The van der Waals surface area contributed by atoms with Crippen molar-refractivity contribution in [3.63, 3.8) is 0 Å². The average molecular weight is 315 g/mol. The minimum Gasteiger partial charge on any atom is -0.389 e. The minimum atomic E-state index is 0.434. The van der Waals surface area contributed by atoms with E-state index >= 15 is 0 Å². The number of anilines is 1. The van der Waals surface area contributed by atoms with Gasteiger partial charge in [-0.2, -0.15) is 0 Å². The molecule has 17 heavy (non-hydrogen) atoms. The maximum Gasteiger partial charge on any atom is 0.104 e. The zero-order chi connectivity index (χ0) is 13.0. The van der Waals surface area contributed by atoms with E-state index in [9.17, 15) is 0 Å². The lowest BCUT2D eigenvalue weighted by molar-refractivity contribution is 0.670. The first-order chi connectivity index (χ1) is 7.97. The van der Waals surface area contributed by atoms with Crippen LogP contribution in [0.3, 0.4) is 0 Å². The van der Waals surface area contributed by atoms with Crippen LogP contribution in [-0.4, -0.2) is 17.6 Å². The molecule has 0 aromatic heterocycles. The average Bonchev–Trinajstić information content (AvgIpc) is 2.26. The number of nitrogens with two attached hydrogens (primary N) is 1. The predicted molar refractivity (Wildman–Crippen MR) is 82.8 cm³/mol. The minimum absolute atomic E-state index is 0.434. The Morgan fingerprint density at radius 2 is 2.12 bits per heavy atom. The first kappa shape index (κ1) is 14.5. The SMILES string of the molecule is CCCN(c1ccc(C(N)=S)cc1Br)C(C)C. The van der Waals surface area contributed by atoms with Crippen LogP contribution in [0.2, 0.25) is 0 Å². The lowest BCUT2D eigenvalue weighted by Crippen LogP contribution is -2.31. The van der Waals surface area contributed by atoms with Crippen LogP contribution < -0.4 is 10.6 Å². The summed E-state index contributed by atoms with van der Waals surface area (Å²) in [6, 6.07) is 6.52. The standard InChI is InChI=1S/C13H19BrN2S/c1-4-7-16(9(2)3)12-6-5-10(13(15)17)8-11(12)14/h5-6,8-9H,4,7H2,1-3H3,(H2,15,17). The van der Waals surface area contributed by atoms with E-state index in [1.807, 2.05) is 12.1 Å². The van der Waals surface area contributed by atoms with Gasteiger partial charge in [0.15, 0.2) is 0 Å². The molecule has 0 aliphatic rings. The summed E-state index contributed by atoms with van der Waals surface area (Å²) in [4.78, 5) is 2.80. The Labute approximate surface area is 117 Å². The molecular weight excluding hydrogens is 296 g/mol. The zero-order valence-corrected chi connectivity index (χ0v) is 12.9. The van der Waals surface area contributed by atoms with Crippen molar-refractivity contribution in [2.45, 2.75) is 33.2 Å². The zero-order valence-electron chi connectivity index (χ0n) is 10.5. The van der Waals surface area contributed by atoms with Crippen molar-refractivity contribution in [1.82, 2.24) is 0 Å². The van der Waals surface area contributed by atoms with E-state index in [4.69, 9.17) is 18.0 Å². The molecule has 0 radical (unpaired) electrons. The van der Waals surface area contributed by atoms with Crippen LogP contribution in [0.15, 0.2) is 22.7 Å². The van der Waals surface area contributed by atoms with Crippen molar-refractivity contribution in [2.24, 2.45) is 5.73 Å². The van der Waals surface area contributed by atoms with Crippen LogP contribution in [0.1, 0.15) is 32.8 Å². The fraction of sp³-hybridized carbons (Fsp3) is 0.462. The van der Waals surface area contributed by atoms with Crippen molar-refractivity contribution in [3.8, 4) is 0 Å². The molecular formula is C13H19BrN2S. The smallest absolute Gasteiger partial charge is 0.104 e. The Hall–Kier alpha value is -0.610. The number of thiocarbonyl (C=S) groups is 1. The summed E-state index contributed by atoms with van der Waals surface area (Å²) in [6.45, 7) is 7.63. The van der Waals surface area contributed by atoms with Crippen LogP contribution in [0.4, 0.5) is 5.69 Å². The highest BCUT2D eigenvalue weighted by atomic mass is 79.9. The summed E-state index contributed by atoms with van der Waals surface area (Å²) in [6.07, 6.45) is 1.13. The summed E-state index contributed by atoms with van der Waals surface area (Å²) in [5.41, 5.74) is 7.72. The number of benzene rings is 1. The molecule has 0 saturated heterocycles. The van der Waals surface area contributed by atoms with Crippen molar-refractivity contribution in [2.75, 3.05) is 11.4 Å². The highest BCUT2D eigenvalue weighted by molar-refractivity contribution is 9.10. The topological polar surface area (TPSA) is 29.3 Å². The van der Waals surface area contributed by atoms with Crippen LogP contribution in [0, 0.1) is 0 Å². The van der Waals surface area contributed by atoms with Gasteiger partial charge in [-0.1, -0.05) is 19.1 Å². The molecule has 2 nitrogen and oxygen atoms in total. The first-order valence-corrected chi connectivity index (χ1v) is 7.03. The molecule has 94 valence electrons. The Morgan fingerprint density at radius 3 is 2.53 bits per heavy atom. The molecule has 0 bridgehead atoms. The third-order valence-electron chi connectivity index (χ3n) is 2.63. The quantitative estimate of drug-likeness (QED) is 0.840. The van der Waals surface area contributed by atoms with Gasteiger partial charge in [-0.05, 0) is 54.4 Å². The van der Waals surface area contributed by atoms with E-state index in [1.165, 1.54) is 5.69 Å². The molecule has 0 aliphatic heterocycles. The van der Waals surface area contributed by atoms with Gasteiger partial charge in [0.2, 0.25) is 0 Å². The Kier molecular flexibility index (Phi) is 5.40. The summed E-state index contributed by atoms with van der Waals surface area (Å²) >= 11 is 8.57. The van der Waals surface area contributed by atoms with Crippen LogP contribution >= 0.6 is 28.1 Å². The molecule has 0 atom stereocenters. The summed E-state index contributed by atoms with van der Waals surface area (Å²) in [5, 5.41) is 0. The molecule has 0 spiro atoms. The molecule has 4 heteroatoms. The number of hydrogen-bond donors (Lipinski definition) is 1. The molecule has 0 amide bonds. The third kappa shape index (κ3) is 3.68. The Balaban J connectivity index is 3.08. The van der Waals surface area contributed by atoms with Gasteiger partial charge in [0.05, 0.1) is 5.69 Å². The van der Waals surface area contributed by atoms with Crippen LogP contribution in [0.25, 0.3) is 0 Å². The monoisotopic (exact) mass is 314 g/mol. The highest BCUT2D eigenvalue weighted by Crippen LogP contribution is 2.29. The van der Waals surface area contributed by atoms with E-state index in [-0.39, 0.29) is 0 Å².